The third-order valence-corrected chi connectivity index (χ3v) is 3.51. The highest BCUT2D eigenvalue weighted by atomic mass is 79.9. The molecule has 0 aliphatic heterocycles. The number of halogens is 2. The highest BCUT2D eigenvalue weighted by molar-refractivity contribution is 9.10. The fraction of sp³-hybridized carbons (Fsp3) is 0.0833. The number of hydrogen-bond donors (Lipinski definition) is 1. The second kappa shape index (κ2) is 4.94. The van der Waals surface area contributed by atoms with E-state index < -0.39 is 0 Å². The van der Waals surface area contributed by atoms with Gasteiger partial charge in [-0.2, -0.15) is 0 Å². The van der Waals surface area contributed by atoms with Crippen molar-refractivity contribution < 1.29 is 9.21 Å². The lowest BCUT2D eigenvalue weighted by Crippen LogP contribution is -2.11. The predicted octanol–water partition coefficient (Wildman–Crippen LogP) is 4.26. The molecule has 1 amide bonds. The molecule has 0 atom stereocenters. The molecule has 17 heavy (non-hydrogen) atoms. The van der Waals surface area contributed by atoms with Crippen LogP contribution in [0.1, 0.15) is 16.1 Å². The highest BCUT2D eigenvalue weighted by Gasteiger charge is 2.11. The van der Waals surface area contributed by atoms with Crippen molar-refractivity contribution in [3.8, 4) is 0 Å². The molecule has 0 bridgehead atoms. The molecule has 88 valence electrons. The number of benzene rings is 1. The lowest BCUT2D eigenvalue weighted by molar-refractivity contribution is 0.102. The van der Waals surface area contributed by atoms with Gasteiger partial charge in [-0.25, -0.2) is 0 Å². The van der Waals surface area contributed by atoms with Crippen LogP contribution >= 0.6 is 27.5 Å². The normalized spacial score (nSPS) is 10.3. The molecule has 0 unspecified atom stereocenters. The molecule has 0 spiro atoms. The Morgan fingerprint density at radius 2 is 2.18 bits per heavy atom. The van der Waals surface area contributed by atoms with Gasteiger partial charge >= 0.3 is 0 Å². The summed E-state index contributed by atoms with van der Waals surface area (Å²) in [7, 11) is 0. The number of amides is 1. The van der Waals surface area contributed by atoms with Crippen LogP contribution in [0.5, 0.6) is 0 Å². The molecule has 0 aliphatic rings. The molecule has 0 saturated heterocycles. The molecule has 1 heterocycles. The summed E-state index contributed by atoms with van der Waals surface area (Å²) in [4.78, 5) is 11.9. The summed E-state index contributed by atoms with van der Waals surface area (Å²) in [5.74, 6) is 0.375. The van der Waals surface area contributed by atoms with Gasteiger partial charge in [0, 0.05) is 10.2 Å². The number of rotatable bonds is 2. The van der Waals surface area contributed by atoms with Crippen molar-refractivity contribution in [2.45, 2.75) is 6.92 Å². The Hall–Kier alpha value is -1.26. The van der Waals surface area contributed by atoms with E-state index >= 15 is 0 Å². The Morgan fingerprint density at radius 1 is 1.41 bits per heavy atom. The quantitative estimate of drug-likeness (QED) is 0.900. The van der Waals surface area contributed by atoms with Gasteiger partial charge in [0.2, 0.25) is 0 Å². The average Bonchev–Trinajstić information content (AvgIpc) is 2.70. The van der Waals surface area contributed by atoms with Crippen molar-refractivity contribution in [2.24, 2.45) is 0 Å². The van der Waals surface area contributed by atoms with Crippen molar-refractivity contribution in [3.05, 3.63) is 51.3 Å². The third kappa shape index (κ3) is 2.70. The summed E-state index contributed by atoms with van der Waals surface area (Å²) in [6.07, 6.45) is 1.48. The maximum Gasteiger partial charge on any atom is 0.259 e. The molecular formula is C12H9BrClNO2. The van der Waals surface area contributed by atoms with Crippen LogP contribution in [0.25, 0.3) is 0 Å². The topological polar surface area (TPSA) is 42.2 Å². The fourth-order valence-electron chi connectivity index (χ4n) is 1.39. The van der Waals surface area contributed by atoms with E-state index in [9.17, 15) is 4.79 Å². The summed E-state index contributed by atoms with van der Waals surface area (Å²) < 4.78 is 5.86. The van der Waals surface area contributed by atoms with E-state index in [1.807, 2.05) is 0 Å². The number of anilines is 1. The van der Waals surface area contributed by atoms with Crippen molar-refractivity contribution in [3.63, 3.8) is 0 Å². The van der Waals surface area contributed by atoms with Crippen LogP contribution < -0.4 is 5.32 Å². The van der Waals surface area contributed by atoms with E-state index in [0.29, 0.717) is 22.0 Å². The van der Waals surface area contributed by atoms with Gasteiger partial charge in [-0.15, -0.1) is 0 Å². The smallest absolute Gasteiger partial charge is 0.259 e. The molecule has 0 fully saturated rings. The second-order valence-corrected chi connectivity index (χ2v) is 4.74. The van der Waals surface area contributed by atoms with Gasteiger partial charge in [0.05, 0.1) is 16.8 Å². The maximum atomic E-state index is 11.9. The van der Waals surface area contributed by atoms with E-state index in [2.05, 4.69) is 21.2 Å². The fourth-order valence-corrected chi connectivity index (χ4v) is 1.82. The zero-order chi connectivity index (χ0) is 12.4. The van der Waals surface area contributed by atoms with E-state index in [4.69, 9.17) is 16.0 Å². The Morgan fingerprint density at radius 3 is 2.76 bits per heavy atom. The Kier molecular flexibility index (Phi) is 3.54. The number of aryl methyl sites for hydroxylation is 1. The van der Waals surface area contributed by atoms with E-state index in [1.54, 1.807) is 31.2 Å². The molecule has 0 radical (unpaired) electrons. The predicted molar refractivity (Wildman–Crippen MR) is 70.6 cm³/mol. The summed E-state index contributed by atoms with van der Waals surface area (Å²) in [6.45, 7) is 1.74. The molecule has 2 aromatic rings. The number of carbonyl (C=O) groups is 1. The lowest BCUT2D eigenvalue weighted by atomic mass is 10.2. The van der Waals surface area contributed by atoms with Crippen LogP contribution in [0.15, 0.2) is 39.4 Å². The van der Waals surface area contributed by atoms with Crippen molar-refractivity contribution in [2.75, 3.05) is 5.32 Å². The Balaban J connectivity index is 2.19. The van der Waals surface area contributed by atoms with Gasteiger partial charge in [-0.05, 0) is 47.1 Å². The number of hydrogen-bond acceptors (Lipinski definition) is 2. The molecule has 3 nitrogen and oxygen atoms in total. The zero-order valence-electron chi connectivity index (χ0n) is 8.96. The minimum Gasteiger partial charge on any atom is -0.469 e. The Labute approximate surface area is 112 Å². The Bertz CT molecular complexity index is 565. The first-order valence-corrected chi connectivity index (χ1v) is 6.05. The SMILES string of the molecule is Cc1occc1C(=O)Nc1ccc(Br)c(Cl)c1. The van der Waals surface area contributed by atoms with E-state index in [-0.39, 0.29) is 5.91 Å². The number of nitrogens with one attached hydrogen (secondary N) is 1. The molecule has 2 rings (SSSR count). The molecule has 1 N–H and O–H groups in total. The van der Waals surface area contributed by atoms with Crippen LogP contribution in [0.4, 0.5) is 5.69 Å². The van der Waals surface area contributed by atoms with Crippen LogP contribution in [0.2, 0.25) is 5.02 Å². The lowest BCUT2D eigenvalue weighted by Gasteiger charge is -2.05. The largest absolute Gasteiger partial charge is 0.469 e. The summed E-state index contributed by atoms with van der Waals surface area (Å²) in [6, 6.07) is 6.85. The van der Waals surface area contributed by atoms with E-state index in [1.165, 1.54) is 6.26 Å². The van der Waals surface area contributed by atoms with Gasteiger partial charge in [0.15, 0.2) is 0 Å². The molecule has 1 aromatic carbocycles. The average molecular weight is 315 g/mol. The first kappa shape index (κ1) is 12.2. The molecule has 0 aliphatic carbocycles. The van der Waals surface area contributed by atoms with Crippen molar-refractivity contribution >= 4 is 39.1 Å². The minimum atomic E-state index is -0.213. The monoisotopic (exact) mass is 313 g/mol. The number of carbonyl (C=O) groups excluding carboxylic acids is 1. The van der Waals surface area contributed by atoms with Gasteiger partial charge in [-0.3, -0.25) is 4.79 Å². The van der Waals surface area contributed by atoms with Crippen LogP contribution in [0, 0.1) is 6.92 Å². The van der Waals surface area contributed by atoms with Gasteiger partial charge < -0.3 is 9.73 Å². The number of furan rings is 1. The minimum absolute atomic E-state index is 0.213. The highest BCUT2D eigenvalue weighted by Crippen LogP contribution is 2.25. The maximum absolute atomic E-state index is 11.9. The van der Waals surface area contributed by atoms with Crippen LogP contribution in [-0.4, -0.2) is 5.91 Å². The van der Waals surface area contributed by atoms with Gasteiger partial charge in [0.25, 0.3) is 5.91 Å². The standard InChI is InChI=1S/C12H9BrClNO2/c1-7-9(4-5-17-7)12(16)15-8-2-3-10(13)11(14)6-8/h2-6H,1H3,(H,15,16). The van der Waals surface area contributed by atoms with Crippen LogP contribution in [-0.2, 0) is 0 Å². The summed E-state index contributed by atoms with van der Waals surface area (Å²) in [5.41, 5.74) is 1.16. The van der Waals surface area contributed by atoms with E-state index in [0.717, 1.165) is 4.47 Å². The van der Waals surface area contributed by atoms with Gasteiger partial charge in [-0.1, -0.05) is 11.6 Å². The van der Waals surface area contributed by atoms with Gasteiger partial charge in [0.1, 0.15) is 5.76 Å². The molecule has 5 heteroatoms. The second-order valence-electron chi connectivity index (χ2n) is 3.47. The summed E-state index contributed by atoms with van der Waals surface area (Å²) in [5, 5.41) is 3.30. The first-order chi connectivity index (χ1) is 8.08. The molecular weight excluding hydrogens is 305 g/mol. The zero-order valence-corrected chi connectivity index (χ0v) is 11.3. The van der Waals surface area contributed by atoms with Crippen molar-refractivity contribution in [1.29, 1.82) is 0 Å². The van der Waals surface area contributed by atoms with Crippen LogP contribution in [0.3, 0.4) is 0 Å². The first-order valence-electron chi connectivity index (χ1n) is 4.88. The summed E-state index contributed by atoms with van der Waals surface area (Å²) >= 11 is 9.22. The van der Waals surface area contributed by atoms with Crippen molar-refractivity contribution in [1.82, 2.24) is 0 Å². The third-order valence-electron chi connectivity index (χ3n) is 2.28. The molecule has 0 saturated carbocycles. The molecule has 1 aromatic heterocycles.